The molecule has 0 unspecified atom stereocenters. The first-order valence-electron chi connectivity index (χ1n) is 10.2. The maximum absolute atomic E-state index is 12.7. The average molecular weight is 468 g/mol. The van der Waals surface area contributed by atoms with E-state index in [4.69, 9.17) is 14.2 Å². The summed E-state index contributed by atoms with van der Waals surface area (Å²) in [7, 11) is 3.11. The Kier molecular flexibility index (Phi) is 7.60. The molecule has 0 aliphatic carbocycles. The summed E-state index contributed by atoms with van der Waals surface area (Å²) in [6.07, 6.45) is 1.67. The zero-order valence-electron chi connectivity index (χ0n) is 19.1. The van der Waals surface area contributed by atoms with Crippen molar-refractivity contribution in [3.05, 3.63) is 74.9 Å². The van der Waals surface area contributed by atoms with Crippen LogP contribution in [0.4, 0.5) is 0 Å². The summed E-state index contributed by atoms with van der Waals surface area (Å²) in [5.41, 5.74) is 2.70. The Bertz CT molecular complexity index is 1180. The highest BCUT2D eigenvalue weighted by Crippen LogP contribution is 2.41. The van der Waals surface area contributed by atoms with Gasteiger partial charge in [0.15, 0.2) is 0 Å². The maximum Gasteiger partial charge on any atom is 0.344 e. The van der Waals surface area contributed by atoms with Gasteiger partial charge in [-0.05, 0) is 51.1 Å². The van der Waals surface area contributed by atoms with E-state index in [2.05, 4.69) is 4.99 Å². The summed E-state index contributed by atoms with van der Waals surface area (Å²) in [5, 5.41) is 10.9. The van der Waals surface area contributed by atoms with Crippen LogP contribution in [-0.4, -0.2) is 42.9 Å². The molecule has 172 valence electrons. The van der Waals surface area contributed by atoms with E-state index in [0.717, 1.165) is 22.9 Å². The monoisotopic (exact) mass is 467 g/mol. The molecule has 1 N–H and O–H groups in total. The third kappa shape index (κ3) is 5.12. The Balaban J connectivity index is 2.07. The van der Waals surface area contributed by atoms with Crippen molar-refractivity contribution in [1.82, 2.24) is 0 Å². The Morgan fingerprint density at radius 1 is 1.06 bits per heavy atom. The number of hydrogen-bond acceptors (Lipinski definition) is 7. The van der Waals surface area contributed by atoms with E-state index in [1.807, 2.05) is 13.8 Å². The lowest BCUT2D eigenvalue weighted by molar-refractivity contribution is -0.138. The smallest absolute Gasteiger partial charge is 0.344 e. The van der Waals surface area contributed by atoms with Crippen LogP contribution in [0.3, 0.4) is 0 Å². The normalized spacial score (nSPS) is 15.8. The zero-order chi connectivity index (χ0) is 24.1. The molecule has 1 aliphatic rings. The predicted molar refractivity (Wildman–Crippen MR) is 129 cm³/mol. The fourth-order valence-electron chi connectivity index (χ4n) is 3.29. The van der Waals surface area contributed by atoms with Gasteiger partial charge in [0, 0.05) is 16.7 Å². The van der Waals surface area contributed by atoms with Crippen molar-refractivity contribution in [3.8, 4) is 11.5 Å². The van der Waals surface area contributed by atoms with E-state index in [-0.39, 0.29) is 23.0 Å². The van der Waals surface area contributed by atoms with E-state index in [1.54, 1.807) is 63.6 Å². The van der Waals surface area contributed by atoms with E-state index in [0.29, 0.717) is 27.5 Å². The van der Waals surface area contributed by atoms with Crippen molar-refractivity contribution >= 4 is 34.8 Å². The van der Waals surface area contributed by atoms with Crippen LogP contribution in [0.25, 0.3) is 6.08 Å². The van der Waals surface area contributed by atoms with Gasteiger partial charge >= 0.3 is 5.97 Å². The number of nitrogens with zero attached hydrogens (tertiary/aromatic N) is 1. The van der Waals surface area contributed by atoms with E-state index in [1.165, 1.54) is 0 Å². The first-order valence-corrected chi connectivity index (χ1v) is 11.0. The largest absolute Gasteiger partial charge is 0.506 e. The average Bonchev–Trinajstić information content (AvgIpc) is 3.09. The number of methoxy groups -OCH3 is 2. The second-order valence-electron chi connectivity index (χ2n) is 7.16. The number of aryl methyl sites for hydroxylation is 1. The van der Waals surface area contributed by atoms with Crippen LogP contribution in [0.15, 0.2) is 57.6 Å². The molecule has 2 aromatic carbocycles. The number of carbonyl (C=O) groups excluding carboxylic acids is 2. The molecular formula is C25H25NO6S. The van der Waals surface area contributed by atoms with Crippen LogP contribution < -0.4 is 9.47 Å². The molecule has 0 aromatic heterocycles. The van der Waals surface area contributed by atoms with Gasteiger partial charge in [0.2, 0.25) is 0 Å². The van der Waals surface area contributed by atoms with Crippen LogP contribution in [0.2, 0.25) is 0 Å². The molecule has 2 aromatic rings. The first kappa shape index (κ1) is 24.1. The fourth-order valence-corrected chi connectivity index (χ4v) is 4.29. The van der Waals surface area contributed by atoms with Crippen molar-refractivity contribution in [1.29, 1.82) is 0 Å². The van der Waals surface area contributed by atoms with Gasteiger partial charge in [-0.1, -0.05) is 29.5 Å². The van der Waals surface area contributed by atoms with Crippen LogP contribution in [0.1, 0.15) is 34.0 Å². The number of aliphatic hydroxyl groups is 1. The van der Waals surface area contributed by atoms with Gasteiger partial charge in [0.05, 0.1) is 25.7 Å². The Morgan fingerprint density at radius 3 is 2.36 bits per heavy atom. The minimum Gasteiger partial charge on any atom is -0.506 e. The number of aliphatic imine (C=N–C) groups is 1. The summed E-state index contributed by atoms with van der Waals surface area (Å²) >= 11 is 1.02. The summed E-state index contributed by atoms with van der Waals surface area (Å²) < 4.78 is 16.0. The molecule has 0 bridgehead atoms. The Hall–Kier alpha value is -3.52. The van der Waals surface area contributed by atoms with Gasteiger partial charge in [0.25, 0.3) is 5.91 Å². The molecule has 8 heteroatoms. The molecule has 0 radical (unpaired) electrons. The SMILES string of the molecule is CCOC(=O)C1=C(O)/C(=C/c2ccc(OC)c(C)c2OC)SC1=NC(=O)c1ccc(C)cc1. The number of esters is 1. The molecule has 7 nitrogen and oxygen atoms in total. The highest BCUT2D eigenvalue weighted by Gasteiger charge is 2.34. The second-order valence-corrected chi connectivity index (χ2v) is 8.19. The predicted octanol–water partition coefficient (Wildman–Crippen LogP) is 5.02. The van der Waals surface area contributed by atoms with Crippen LogP contribution in [0.5, 0.6) is 11.5 Å². The summed E-state index contributed by atoms with van der Waals surface area (Å²) in [5.74, 6) is -0.352. The molecule has 0 saturated heterocycles. The van der Waals surface area contributed by atoms with Crippen molar-refractivity contribution in [2.75, 3.05) is 20.8 Å². The molecular weight excluding hydrogens is 442 g/mol. The Morgan fingerprint density at radius 2 is 1.76 bits per heavy atom. The number of ether oxygens (including phenoxy) is 3. The second kappa shape index (κ2) is 10.4. The molecule has 0 fully saturated rings. The molecule has 1 amide bonds. The van der Waals surface area contributed by atoms with Gasteiger partial charge in [-0.3, -0.25) is 4.79 Å². The number of aliphatic hydroxyl groups excluding tert-OH is 1. The molecule has 1 aliphatic heterocycles. The third-order valence-electron chi connectivity index (χ3n) is 4.97. The van der Waals surface area contributed by atoms with E-state index < -0.39 is 11.9 Å². The first-order chi connectivity index (χ1) is 15.8. The van der Waals surface area contributed by atoms with Crippen molar-refractivity contribution in [2.24, 2.45) is 4.99 Å². The van der Waals surface area contributed by atoms with Gasteiger partial charge in [-0.2, -0.15) is 0 Å². The van der Waals surface area contributed by atoms with Crippen molar-refractivity contribution in [2.45, 2.75) is 20.8 Å². The molecule has 33 heavy (non-hydrogen) atoms. The number of hydrogen-bond donors (Lipinski definition) is 1. The third-order valence-corrected chi connectivity index (χ3v) is 5.99. The standard InChI is InChI=1S/C25H25NO6S/c1-6-32-25(29)20-21(27)19(13-17-11-12-18(30-4)15(3)22(17)31-5)33-24(20)26-23(28)16-9-7-14(2)8-10-16/h7-13,27H,6H2,1-5H3/b19-13-,26-24?. The lowest BCUT2D eigenvalue weighted by Gasteiger charge is -2.12. The number of thioether (sulfide) groups is 1. The molecule has 0 saturated carbocycles. The molecule has 1 heterocycles. The maximum atomic E-state index is 12.7. The summed E-state index contributed by atoms with van der Waals surface area (Å²) in [6.45, 7) is 5.55. The van der Waals surface area contributed by atoms with Crippen molar-refractivity contribution < 1.29 is 28.9 Å². The van der Waals surface area contributed by atoms with Gasteiger partial charge in [-0.15, -0.1) is 0 Å². The zero-order valence-corrected chi connectivity index (χ0v) is 19.9. The van der Waals surface area contributed by atoms with Crippen LogP contribution in [-0.2, 0) is 9.53 Å². The minimum atomic E-state index is -0.751. The lowest BCUT2D eigenvalue weighted by Crippen LogP contribution is -2.14. The van der Waals surface area contributed by atoms with E-state index in [9.17, 15) is 14.7 Å². The highest BCUT2D eigenvalue weighted by atomic mass is 32.2. The summed E-state index contributed by atoms with van der Waals surface area (Å²) in [6, 6.07) is 10.5. The molecule has 3 rings (SSSR count). The van der Waals surface area contributed by atoms with Crippen LogP contribution >= 0.6 is 11.8 Å². The molecule has 0 spiro atoms. The summed E-state index contributed by atoms with van der Waals surface area (Å²) in [4.78, 5) is 29.8. The van der Waals surface area contributed by atoms with Gasteiger partial charge in [-0.25, -0.2) is 9.79 Å². The van der Waals surface area contributed by atoms with Crippen molar-refractivity contribution in [3.63, 3.8) is 0 Å². The molecule has 0 atom stereocenters. The topological polar surface area (TPSA) is 94.4 Å². The Labute approximate surface area is 196 Å². The number of amides is 1. The quantitative estimate of drug-likeness (QED) is 0.596. The van der Waals surface area contributed by atoms with Gasteiger partial charge in [0.1, 0.15) is 27.9 Å². The number of benzene rings is 2. The highest BCUT2D eigenvalue weighted by molar-refractivity contribution is 8.18. The minimum absolute atomic E-state index is 0.0759. The van der Waals surface area contributed by atoms with Gasteiger partial charge < -0.3 is 19.3 Å². The fraction of sp³-hybridized carbons (Fsp3) is 0.240. The number of rotatable bonds is 6. The number of carbonyl (C=O) groups is 2. The van der Waals surface area contributed by atoms with E-state index >= 15 is 0 Å². The van der Waals surface area contributed by atoms with Crippen LogP contribution in [0, 0.1) is 13.8 Å². The lowest BCUT2D eigenvalue weighted by atomic mass is 10.1.